The van der Waals surface area contributed by atoms with Gasteiger partial charge in [0, 0.05) is 36.6 Å². The smallest absolute Gasteiger partial charge is 0.328 e. The van der Waals surface area contributed by atoms with E-state index in [1.807, 2.05) is 6.20 Å². The number of pyridine rings is 1. The van der Waals surface area contributed by atoms with E-state index in [9.17, 15) is 4.79 Å². The summed E-state index contributed by atoms with van der Waals surface area (Å²) in [4.78, 5) is 14.5. The highest BCUT2D eigenvalue weighted by Gasteiger charge is 2.07. The van der Waals surface area contributed by atoms with E-state index in [-0.39, 0.29) is 0 Å². The molecule has 0 radical (unpaired) electrons. The van der Waals surface area contributed by atoms with Gasteiger partial charge in [0.2, 0.25) is 0 Å². The Labute approximate surface area is 108 Å². The zero-order chi connectivity index (χ0) is 13.1. The van der Waals surface area contributed by atoms with Crippen molar-refractivity contribution in [1.29, 1.82) is 0 Å². The van der Waals surface area contributed by atoms with Gasteiger partial charge in [0.1, 0.15) is 5.15 Å². The second-order valence-corrected chi connectivity index (χ2v) is 4.06. The fraction of sp³-hybridized carbons (Fsp3) is 0.0833. The number of carboxylic acid groups (broad SMARTS) is 1. The number of carboxylic acids is 1. The third-order valence-corrected chi connectivity index (χ3v) is 2.53. The van der Waals surface area contributed by atoms with Gasteiger partial charge in [0.15, 0.2) is 0 Å². The fourth-order valence-electron chi connectivity index (χ4n) is 1.54. The third-order valence-electron chi connectivity index (χ3n) is 2.32. The van der Waals surface area contributed by atoms with Crippen LogP contribution in [0.25, 0.3) is 17.2 Å². The summed E-state index contributed by atoms with van der Waals surface area (Å²) in [6.45, 7) is 0. The Morgan fingerprint density at radius 3 is 2.89 bits per heavy atom. The number of halogens is 1. The van der Waals surface area contributed by atoms with Gasteiger partial charge in [0.25, 0.3) is 0 Å². The molecule has 0 fully saturated rings. The van der Waals surface area contributed by atoms with Crippen LogP contribution in [0.5, 0.6) is 0 Å². The Morgan fingerprint density at radius 1 is 1.50 bits per heavy atom. The van der Waals surface area contributed by atoms with Crippen molar-refractivity contribution in [3.8, 4) is 11.1 Å². The van der Waals surface area contributed by atoms with E-state index in [2.05, 4.69) is 10.1 Å². The van der Waals surface area contributed by atoms with E-state index in [0.29, 0.717) is 10.7 Å². The molecule has 0 amide bonds. The van der Waals surface area contributed by atoms with Crippen molar-refractivity contribution in [3.63, 3.8) is 0 Å². The standard InChI is InChI=1S/C12H10ClN3O2/c1-16-7-9(6-15-16)10-4-11(13)14-5-8(10)2-3-12(17)18/h2-7H,1H3,(H,17,18)/b3-2+. The number of aliphatic carboxylic acids is 1. The second-order valence-electron chi connectivity index (χ2n) is 3.67. The van der Waals surface area contributed by atoms with Gasteiger partial charge < -0.3 is 5.11 Å². The lowest BCUT2D eigenvalue weighted by Gasteiger charge is -2.03. The first-order chi connectivity index (χ1) is 8.56. The van der Waals surface area contributed by atoms with E-state index < -0.39 is 5.97 Å². The Balaban J connectivity index is 2.50. The summed E-state index contributed by atoms with van der Waals surface area (Å²) in [5, 5.41) is 13.1. The monoisotopic (exact) mass is 263 g/mol. The van der Waals surface area contributed by atoms with Crippen molar-refractivity contribution in [1.82, 2.24) is 14.8 Å². The molecule has 92 valence electrons. The molecule has 1 N–H and O–H groups in total. The minimum atomic E-state index is -1.01. The van der Waals surface area contributed by atoms with Gasteiger partial charge in [0.05, 0.1) is 6.20 Å². The first-order valence-electron chi connectivity index (χ1n) is 5.12. The highest BCUT2D eigenvalue weighted by Crippen LogP contribution is 2.26. The Kier molecular flexibility index (Phi) is 3.43. The molecule has 6 heteroatoms. The zero-order valence-corrected chi connectivity index (χ0v) is 10.3. The normalized spacial score (nSPS) is 11.0. The SMILES string of the molecule is Cn1cc(-c2cc(Cl)ncc2/C=C/C(=O)O)cn1. The van der Waals surface area contributed by atoms with Crippen LogP contribution in [0.15, 0.2) is 30.7 Å². The van der Waals surface area contributed by atoms with Gasteiger partial charge >= 0.3 is 5.97 Å². The number of aromatic nitrogens is 3. The Morgan fingerprint density at radius 2 is 2.28 bits per heavy atom. The Hall–Kier alpha value is -2.14. The number of aryl methyl sites for hydroxylation is 1. The molecule has 0 aliphatic heterocycles. The van der Waals surface area contributed by atoms with Crippen molar-refractivity contribution in [2.75, 3.05) is 0 Å². The third kappa shape index (κ3) is 2.75. The predicted octanol–water partition coefficient (Wildman–Crippen LogP) is 2.23. The van der Waals surface area contributed by atoms with Gasteiger partial charge in [-0.2, -0.15) is 5.10 Å². The van der Waals surface area contributed by atoms with Crippen LogP contribution >= 0.6 is 11.6 Å². The van der Waals surface area contributed by atoms with Gasteiger partial charge in [-0.3, -0.25) is 4.68 Å². The maximum atomic E-state index is 10.5. The van der Waals surface area contributed by atoms with Crippen LogP contribution in [-0.2, 0) is 11.8 Å². The average molecular weight is 264 g/mol. The molecule has 0 saturated heterocycles. The van der Waals surface area contributed by atoms with Crippen LogP contribution < -0.4 is 0 Å². The summed E-state index contributed by atoms with van der Waals surface area (Å²) in [5.74, 6) is -1.01. The number of carbonyl (C=O) groups is 1. The van der Waals surface area contributed by atoms with E-state index in [1.54, 1.807) is 24.0 Å². The molecule has 2 aromatic heterocycles. The molecule has 2 heterocycles. The molecule has 0 saturated carbocycles. The molecule has 2 rings (SSSR count). The van der Waals surface area contributed by atoms with E-state index >= 15 is 0 Å². The average Bonchev–Trinajstić information content (AvgIpc) is 2.74. The van der Waals surface area contributed by atoms with E-state index in [1.165, 1.54) is 12.3 Å². The molecular weight excluding hydrogens is 254 g/mol. The molecule has 5 nitrogen and oxygen atoms in total. The second kappa shape index (κ2) is 5.01. The molecule has 2 aromatic rings. The van der Waals surface area contributed by atoms with Gasteiger partial charge in [-0.1, -0.05) is 11.6 Å². The fourth-order valence-corrected chi connectivity index (χ4v) is 1.70. The van der Waals surface area contributed by atoms with Crippen LogP contribution in [0.4, 0.5) is 0 Å². The number of nitrogens with zero attached hydrogens (tertiary/aromatic N) is 3. The van der Waals surface area contributed by atoms with Crippen molar-refractivity contribution in [2.24, 2.45) is 7.05 Å². The molecule has 0 atom stereocenters. The predicted molar refractivity (Wildman–Crippen MR) is 68.1 cm³/mol. The van der Waals surface area contributed by atoms with Crippen molar-refractivity contribution in [3.05, 3.63) is 41.4 Å². The van der Waals surface area contributed by atoms with Crippen LogP contribution in [0.1, 0.15) is 5.56 Å². The molecular formula is C12H10ClN3O2. The van der Waals surface area contributed by atoms with Gasteiger partial charge in [-0.15, -0.1) is 0 Å². The quantitative estimate of drug-likeness (QED) is 0.681. The summed E-state index contributed by atoms with van der Waals surface area (Å²) in [6, 6.07) is 1.68. The summed E-state index contributed by atoms with van der Waals surface area (Å²) < 4.78 is 1.66. The largest absolute Gasteiger partial charge is 0.478 e. The maximum absolute atomic E-state index is 10.5. The maximum Gasteiger partial charge on any atom is 0.328 e. The number of rotatable bonds is 3. The molecule has 0 bridgehead atoms. The number of hydrogen-bond acceptors (Lipinski definition) is 3. The molecule has 0 aliphatic rings. The van der Waals surface area contributed by atoms with Gasteiger partial charge in [-0.25, -0.2) is 9.78 Å². The molecule has 0 unspecified atom stereocenters. The summed E-state index contributed by atoms with van der Waals surface area (Å²) >= 11 is 5.86. The van der Waals surface area contributed by atoms with Crippen LogP contribution in [0, 0.1) is 0 Å². The molecule has 18 heavy (non-hydrogen) atoms. The lowest BCUT2D eigenvalue weighted by Crippen LogP contribution is -1.89. The van der Waals surface area contributed by atoms with Crippen molar-refractivity contribution >= 4 is 23.6 Å². The minimum absolute atomic E-state index is 0.348. The first kappa shape index (κ1) is 12.3. The lowest BCUT2D eigenvalue weighted by atomic mass is 10.0. The molecule has 0 spiro atoms. The highest BCUT2D eigenvalue weighted by molar-refractivity contribution is 6.29. The van der Waals surface area contributed by atoms with Gasteiger partial charge in [-0.05, 0) is 17.7 Å². The molecule has 0 aromatic carbocycles. The van der Waals surface area contributed by atoms with Crippen molar-refractivity contribution in [2.45, 2.75) is 0 Å². The molecule has 0 aliphatic carbocycles. The van der Waals surface area contributed by atoms with Crippen LogP contribution in [-0.4, -0.2) is 25.8 Å². The first-order valence-corrected chi connectivity index (χ1v) is 5.49. The summed E-state index contributed by atoms with van der Waals surface area (Å²) in [6.07, 6.45) is 7.58. The topological polar surface area (TPSA) is 68.0 Å². The highest BCUT2D eigenvalue weighted by atomic mass is 35.5. The summed E-state index contributed by atoms with van der Waals surface area (Å²) in [7, 11) is 1.80. The lowest BCUT2D eigenvalue weighted by molar-refractivity contribution is -0.131. The number of hydrogen-bond donors (Lipinski definition) is 1. The summed E-state index contributed by atoms with van der Waals surface area (Å²) in [5.41, 5.74) is 2.32. The zero-order valence-electron chi connectivity index (χ0n) is 9.54. The van der Waals surface area contributed by atoms with E-state index in [4.69, 9.17) is 16.7 Å². The minimum Gasteiger partial charge on any atom is -0.478 e. The van der Waals surface area contributed by atoms with Crippen LogP contribution in [0.2, 0.25) is 5.15 Å². The van der Waals surface area contributed by atoms with E-state index in [0.717, 1.165) is 17.2 Å². The Bertz CT molecular complexity index is 620. The van der Waals surface area contributed by atoms with Crippen LogP contribution in [0.3, 0.4) is 0 Å². The van der Waals surface area contributed by atoms with Crippen molar-refractivity contribution < 1.29 is 9.90 Å².